The van der Waals surface area contributed by atoms with E-state index in [0.717, 1.165) is 12.1 Å². The zero-order valence-corrected chi connectivity index (χ0v) is 11.4. The monoisotopic (exact) mass is 246 g/mol. The number of hydrogen-bond donors (Lipinski definition) is 1. The van der Waals surface area contributed by atoms with Crippen LogP contribution < -0.4 is 5.73 Å². The van der Waals surface area contributed by atoms with Crippen molar-refractivity contribution in [3.05, 3.63) is 36.1 Å². The second kappa shape index (κ2) is 5.55. The van der Waals surface area contributed by atoms with Gasteiger partial charge in [-0.25, -0.2) is 0 Å². The molecule has 0 spiro atoms. The zero-order chi connectivity index (χ0) is 13.1. The first-order valence-electron chi connectivity index (χ1n) is 6.61. The number of fused-ring (bicyclic) bond motifs is 1. The largest absolute Gasteiger partial charge is 0.464 e. The molecule has 0 bridgehead atoms. The Morgan fingerprint density at radius 2 is 2.00 bits per heavy atom. The first-order valence-corrected chi connectivity index (χ1v) is 6.61. The topological polar surface area (TPSA) is 42.4 Å². The highest BCUT2D eigenvalue weighted by Gasteiger charge is 2.23. The van der Waals surface area contributed by atoms with Gasteiger partial charge in [-0.2, -0.15) is 0 Å². The first-order chi connectivity index (χ1) is 8.69. The molecule has 1 aromatic carbocycles. The van der Waals surface area contributed by atoms with Crippen LogP contribution >= 0.6 is 0 Å². The Balaban J connectivity index is 2.43. The fraction of sp³-hybridized carbons (Fsp3) is 0.467. The lowest BCUT2D eigenvalue weighted by atomic mass is 10.0. The van der Waals surface area contributed by atoms with Crippen LogP contribution in [0.15, 0.2) is 34.9 Å². The lowest BCUT2D eigenvalue weighted by Crippen LogP contribution is -2.38. The van der Waals surface area contributed by atoms with E-state index >= 15 is 0 Å². The maximum Gasteiger partial charge on any atom is 0.134 e. The van der Waals surface area contributed by atoms with Crippen LogP contribution in [-0.2, 0) is 0 Å². The molecule has 1 atom stereocenters. The fourth-order valence-corrected chi connectivity index (χ4v) is 2.64. The minimum Gasteiger partial charge on any atom is -0.464 e. The van der Waals surface area contributed by atoms with E-state index < -0.39 is 0 Å². The summed E-state index contributed by atoms with van der Waals surface area (Å²) in [6.07, 6.45) is 1.85. The molecule has 18 heavy (non-hydrogen) atoms. The Kier molecular flexibility index (Phi) is 4.04. The summed E-state index contributed by atoms with van der Waals surface area (Å²) in [7, 11) is 0. The number of nitrogens with two attached hydrogens (primary N) is 1. The van der Waals surface area contributed by atoms with Crippen LogP contribution in [0, 0.1) is 0 Å². The van der Waals surface area contributed by atoms with Gasteiger partial charge in [0.25, 0.3) is 0 Å². The van der Waals surface area contributed by atoms with E-state index in [1.54, 1.807) is 0 Å². The van der Waals surface area contributed by atoms with E-state index in [1.165, 1.54) is 10.9 Å². The molecule has 0 radical (unpaired) electrons. The number of likely N-dealkylation sites (N-methyl/N-ethyl adjacent to an activating group) is 1. The minimum absolute atomic E-state index is 0.221. The van der Waals surface area contributed by atoms with Crippen molar-refractivity contribution in [2.75, 3.05) is 13.1 Å². The lowest BCUT2D eigenvalue weighted by Gasteiger charge is -2.32. The van der Waals surface area contributed by atoms with E-state index in [-0.39, 0.29) is 6.04 Å². The molecule has 1 unspecified atom stereocenters. The Labute approximate surface area is 109 Å². The van der Waals surface area contributed by atoms with Crippen LogP contribution in [0.25, 0.3) is 11.0 Å². The summed E-state index contributed by atoms with van der Waals surface area (Å²) in [5.74, 6) is 0. The fourth-order valence-electron chi connectivity index (χ4n) is 2.64. The van der Waals surface area contributed by atoms with Crippen LogP contribution in [-0.4, -0.2) is 24.0 Å². The Morgan fingerprint density at radius 1 is 1.28 bits per heavy atom. The van der Waals surface area contributed by atoms with Gasteiger partial charge in [0.2, 0.25) is 0 Å². The molecule has 0 amide bonds. The molecule has 3 nitrogen and oxygen atoms in total. The van der Waals surface area contributed by atoms with Gasteiger partial charge in [0.05, 0.1) is 12.3 Å². The summed E-state index contributed by atoms with van der Waals surface area (Å²) < 4.78 is 5.62. The first kappa shape index (κ1) is 13.1. The van der Waals surface area contributed by atoms with Gasteiger partial charge in [0, 0.05) is 23.5 Å². The minimum atomic E-state index is 0.221. The highest BCUT2D eigenvalue weighted by molar-refractivity contribution is 5.81. The van der Waals surface area contributed by atoms with Crippen molar-refractivity contribution < 1.29 is 4.42 Å². The summed E-state index contributed by atoms with van der Waals surface area (Å²) in [4.78, 5) is 2.40. The SMILES string of the molecule is CCN(C(C)C)C(CN)c1coc2ccccc12. The summed E-state index contributed by atoms with van der Waals surface area (Å²) >= 11 is 0. The van der Waals surface area contributed by atoms with Gasteiger partial charge in [0.15, 0.2) is 0 Å². The molecule has 0 fully saturated rings. The number of rotatable bonds is 5. The molecule has 0 aliphatic heterocycles. The standard InChI is InChI=1S/C15H22N2O/c1-4-17(11(2)3)14(9-16)13-10-18-15-8-6-5-7-12(13)15/h5-8,10-11,14H,4,9,16H2,1-3H3. The summed E-state index contributed by atoms with van der Waals surface area (Å²) in [5, 5.41) is 1.17. The molecule has 0 saturated carbocycles. The zero-order valence-electron chi connectivity index (χ0n) is 11.4. The van der Waals surface area contributed by atoms with Gasteiger partial charge in [-0.3, -0.25) is 4.90 Å². The Hall–Kier alpha value is -1.32. The molecule has 1 heterocycles. The van der Waals surface area contributed by atoms with Crippen molar-refractivity contribution in [2.24, 2.45) is 5.73 Å². The van der Waals surface area contributed by atoms with Gasteiger partial charge < -0.3 is 10.2 Å². The van der Waals surface area contributed by atoms with E-state index in [4.69, 9.17) is 10.2 Å². The average molecular weight is 246 g/mol. The quantitative estimate of drug-likeness (QED) is 0.881. The van der Waals surface area contributed by atoms with Gasteiger partial charge in [-0.1, -0.05) is 25.1 Å². The van der Waals surface area contributed by atoms with Crippen molar-refractivity contribution in [3.8, 4) is 0 Å². The summed E-state index contributed by atoms with van der Waals surface area (Å²) in [6.45, 7) is 8.17. The molecule has 3 heteroatoms. The van der Waals surface area contributed by atoms with E-state index in [9.17, 15) is 0 Å². The van der Waals surface area contributed by atoms with E-state index in [2.05, 4.69) is 31.7 Å². The Morgan fingerprint density at radius 3 is 2.61 bits per heavy atom. The van der Waals surface area contributed by atoms with Crippen molar-refractivity contribution in [1.82, 2.24) is 4.90 Å². The highest BCUT2D eigenvalue weighted by atomic mass is 16.3. The number of hydrogen-bond acceptors (Lipinski definition) is 3. The molecule has 0 aliphatic rings. The molecule has 2 aromatic rings. The third-order valence-electron chi connectivity index (χ3n) is 3.52. The average Bonchev–Trinajstić information content (AvgIpc) is 2.79. The molecule has 2 rings (SSSR count). The molecular weight excluding hydrogens is 224 g/mol. The van der Waals surface area contributed by atoms with Crippen LogP contribution in [0.1, 0.15) is 32.4 Å². The molecule has 0 aliphatic carbocycles. The molecular formula is C15H22N2O. The van der Waals surface area contributed by atoms with E-state index in [0.29, 0.717) is 12.6 Å². The van der Waals surface area contributed by atoms with Crippen LogP contribution in [0.5, 0.6) is 0 Å². The van der Waals surface area contributed by atoms with Crippen molar-refractivity contribution >= 4 is 11.0 Å². The maximum absolute atomic E-state index is 5.99. The third kappa shape index (κ3) is 2.28. The summed E-state index contributed by atoms with van der Waals surface area (Å²) in [5.41, 5.74) is 8.12. The molecule has 98 valence electrons. The van der Waals surface area contributed by atoms with Crippen molar-refractivity contribution in [2.45, 2.75) is 32.9 Å². The third-order valence-corrected chi connectivity index (χ3v) is 3.52. The number of benzene rings is 1. The highest BCUT2D eigenvalue weighted by Crippen LogP contribution is 2.30. The smallest absolute Gasteiger partial charge is 0.134 e. The van der Waals surface area contributed by atoms with Gasteiger partial charge in [-0.15, -0.1) is 0 Å². The number of nitrogens with zero attached hydrogens (tertiary/aromatic N) is 1. The second-order valence-corrected chi connectivity index (χ2v) is 4.86. The van der Waals surface area contributed by atoms with Gasteiger partial charge in [0.1, 0.15) is 5.58 Å². The normalized spacial score (nSPS) is 13.7. The van der Waals surface area contributed by atoms with Crippen LogP contribution in [0.2, 0.25) is 0 Å². The predicted molar refractivity (Wildman–Crippen MR) is 75.5 cm³/mol. The lowest BCUT2D eigenvalue weighted by molar-refractivity contribution is 0.167. The van der Waals surface area contributed by atoms with Gasteiger partial charge >= 0.3 is 0 Å². The second-order valence-electron chi connectivity index (χ2n) is 4.86. The molecule has 1 aromatic heterocycles. The van der Waals surface area contributed by atoms with Crippen LogP contribution in [0.3, 0.4) is 0 Å². The van der Waals surface area contributed by atoms with Crippen LogP contribution in [0.4, 0.5) is 0 Å². The number of para-hydroxylation sites is 1. The molecule has 2 N–H and O–H groups in total. The molecule has 0 saturated heterocycles. The Bertz CT molecular complexity index is 504. The predicted octanol–water partition coefficient (Wildman–Crippen LogP) is 3.16. The van der Waals surface area contributed by atoms with E-state index in [1.807, 2.05) is 24.5 Å². The van der Waals surface area contributed by atoms with Crippen molar-refractivity contribution in [3.63, 3.8) is 0 Å². The number of furan rings is 1. The summed E-state index contributed by atoms with van der Waals surface area (Å²) in [6, 6.07) is 8.83. The van der Waals surface area contributed by atoms with Crippen molar-refractivity contribution in [1.29, 1.82) is 0 Å². The van der Waals surface area contributed by atoms with Gasteiger partial charge in [-0.05, 0) is 26.5 Å². The maximum atomic E-state index is 5.99.